The normalized spacial score (nSPS) is 13.4. The topological polar surface area (TPSA) is 66.1 Å². The van der Waals surface area contributed by atoms with Crippen LogP contribution in [0.4, 0.5) is 5.69 Å². The first kappa shape index (κ1) is 16.0. The molecule has 6 heteroatoms. The first-order valence-electron chi connectivity index (χ1n) is 8.35. The highest BCUT2D eigenvalue weighted by Crippen LogP contribution is 2.31. The summed E-state index contributed by atoms with van der Waals surface area (Å²) < 4.78 is 0.996. The summed E-state index contributed by atoms with van der Waals surface area (Å²) in [5, 5.41) is 0. The Labute approximate surface area is 162 Å². The maximum Gasteiger partial charge on any atom is 0.266 e. The van der Waals surface area contributed by atoms with Crippen LogP contribution >= 0.6 is 15.9 Å². The SMILES string of the molecule is O=C1c2ccccc2C(=O)N1c1ccc2nc(-c3ccc(Br)cc3)[nH]c2c1. The fourth-order valence-electron chi connectivity index (χ4n) is 3.30. The third-order valence-corrected chi connectivity index (χ3v) is 5.16. The number of H-pyrrole nitrogens is 1. The molecule has 4 aromatic rings. The summed E-state index contributed by atoms with van der Waals surface area (Å²) in [4.78, 5) is 34.4. The fourth-order valence-corrected chi connectivity index (χ4v) is 3.57. The predicted molar refractivity (Wildman–Crippen MR) is 107 cm³/mol. The molecule has 1 aliphatic rings. The minimum atomic E-state index is -0.303. The summed E-state index contributed by atoms with van der Waals surface area (Å²) in [6.07, 6.45) is 0. The van der Waals surface area contributed by atoms with Gasteiger partial charge in [-0.3, -0.25) is 9.59 Å². The maximum absolute atomic E-state index is 12.7. The molecule has 1 N–H and O–H groups in total. The largest absolute Gasteiger partial charge is 0.338 e. The van der Waals surface area contributed by atoms with E-state index in [0.29, 0.717) is 16.8 Å². The van der Waals surface area contributed by atoms with Gasteiger partial charge < -0.3 is 4.98 Å². The number of anilines is 1. The van der Waals surface area contributed by atoms with Gasteiger partial charge in [-0.15, -0.1) is 0 Å². The van der Waals surface area contributed by atoms with E-state index in [1.54, 1.807) is 36.4 Å². The molecule has 27 heavy (non-hydrogen) atoms. The van der Waals surface area contributed by atoms with Gasteiger partial charge in [-0.05, 0) is 42.5 Å². The second kappa shape index (κ2) is 5.89. The first-order valence-corrected chi connectivity index (χ1v) is 9.15. The van der Waals surface area contributed by atoms with Crippen LogP contribution in [0.2, 0.25) is 0 Å². The number of hydrogen-bond acceptors (Lipinski definition) is 3. The molecular formula is C21H12BrN3O2. The third kappa shape index (κ3) is 2.49. The Balaban J connectivity index is 1.57. The molecule has 0 bridgehead atoms. The predicted octanol–water partition coefficient (Wildman–Crippen LogP) is 4.79. The molecule has 0 atom stereocenters. The number of rotatable bonds is 2. The number of aromatic amines is 1. The lowest BCUT2D eigenvalue weighted by Crippen LogP contribution is -2.29. The molecule has 2 heterocycles. The minimum absolute atomic E-state index is 0.303. The number of fused-ring (bicyclic) bond motifs is 2. The van der Waals surface area contributed by atoms with Crippen LogP contribution in [-0.4, -0.2) is 21.8 Å². The summed E-state index contributed by atoms with van der Waals surface area (Å²) in [6, 6.07) is 20.0. The van der Waals surface area contributed by atoms with Crippen molar-refractivity contribution in [3.05, 3.63) is 82.3 Å². The Kier molecular flexibility index (Phi) is 3.48. The molecule has 130 valence electrons. The van der Waals surface area contributed by atoms with E-state index in [1.165, 1.54) is 4.90 Å². The van der Waals surface area contributed by atoms with Gasteiger partial charge in [-0.2, -0.15) is 0 Å². The number of hydrogen-bond donors (Lipinski definition) is 1. The number of imidazole rings is 1. The van der Waals surface area contributed by atoms with Crippen molar-refractivity contribution in [1.29, 1.82) is 0 Å². The summed E-state index contributed by atoms with van der Waals surface area (Å²) in [5.41, 5.74) is 3.89. The molecule has 0 fully saturated rings. The van der Waals surface area contributed by atoms with Crippen molar-refractivity contribution in [1.82, 2.24) is 9.97 Å². The molecule has 0 aliphatic carbocycles. The lowest BCUT2D eigenvalue weighted by molar-refractivity contribution is 0.0926. The number of imide groups is 1. The molecule has 5 nitrogen and oxygen atoms in total. The molecule has 0 spiro atoms. The molecule has 2 amide bonds. The number of halogens is 1. The number of nitrogens with zero attached hydrogens (tertiary/aromatic N) is 2. The summed E-state index contributed by atoms with van der Waals surface area (Å²) in [6.45, 7) is 0. The van der Waals surface area contributed by atoms with Crippen molar-refractivity contribution in [2.75, 3.05) is 4.90 Å². The van der Waals surface area contributed by atoms with Gasteiger partial charge in [0.1, 0.15) is 5.82 Å². The van der Waals surface area contributed by atoms with E-state index in [1.807, 2.05) is 30.3 Å². The second-order valence-electron chi connectivity index (χ2n) is 6.29. The highest BCUT2D eigenvalue weighted by molar-refractivity contribution is 9.10. The van der Waals surface area contributed by atoms with Crippen LogP contribution in [0.25, 0.3) is 22.4 Å². The molecule has 1 aliphatic heterocycles. The fraction of sp³-hybridized carbons (Fsp3) is 0. The van der Waals surface area contributed by atoms with Gasteiger partial charge in [0.05, 0.1) is 27.8 Å². The molecule has 0 saturated heterocycles. The van der Waals surface area contributed by atoms with Crippen molar-refractivity contribution >= 4 is 44.5 Å². The van der Waals surface area contributed by atoms with E-state index in [9.17, 15) is 9.59 Å². The third-order valence-electron chi connectivity index (χ3n) is 4.64. The van der Waals surface area contributed by atoms with Crippen molar-refractivity contribution in [3.8, 4) is 11.4 Å². The van der Waals surface area contributed by atoms with Crippen LogP contribution in [0.5, 0.6) is 0 Å². The standard InChI is InChI=1S/C21H12BrN3O2/c22-13-7-5-12(6-8-13)19-23-17-10-9-14(11-18(17)24-19)25-20(26)15-3-1-2-4-16(15)21(25)27/h1-11H,(H,23,24). The van der Waals surface area contributed by atoms with Crippen LogP contribution in [0, 0.1) is 0 Å². The van der Waals surface area contributed by atoms with Gasteiger partial charge in [0.25, 0.3) is 11.8 Å². The number of nitrogens with one attached hydrogen (secondary N) is 1. The van der Waals surface area contributed by atoms with Crippen molar-refractivity contribution in [2.24, 2.45) is 0 Å². The van der Waals surface area contributed by atoms with Gasteiger partial charge in [0, 0.05) is 10.0 Å². The molecule has 5 rings (SSSR count). The highest BCUT2D eigenvalue weighted by Gasteiger charge is 2.36. The smallest absolute Gasteiger partial charge is 0.266 e. The molecule has 0 saturated carbocycles. The van der Waals surface area contributed by atoms with Crippen LogP contribution in [0.3, 0.4) is 0 Å². The van der Waals surface area contributed by atoms with Crippen LogP contribution in [0.15, 0.2) is 71.2 Å². The zero-order chi connectivity index (χ0) is 18.5. The lowest BCUT2D eigenvalue weighted by Gasteiger charge is -2.13. The average Bonchev–Trinajstić information content (AvgIpc) is 3.22. The summed E-state index contributed by atoms with van der Waals surface area (Å²) >= 11 is 3.42. The Morgan fingerprint density at radius 3 is 2.19 bits per heavy atom. The van der Waals surface area contributed by atoms with Gasteiger partial charge in [-0.1, -0.05) is 40.2 Å². The van der Waals surface area contributed by atoms with E-state index in [-0.39, 0.29) is 11.8 Å². The number of amides is 2. The Hall–Kier alpha value is -3.25. The van der Waals surface area contributed by atoms with Crippen LogP contribution < -0.4 is 4.90 Å². The zero-order valence-electron chi connectivity index (χ0n) is 13.9. The molecule has 0 radical (unpaired) electrons. The van der Waals surface area contributed by atoms with E-state index in [0.717, 1.165) is 26.9 Å². The van der Waals surface area contributed by atoms with Crippen molar-refractivity contribution in [3.63, 3.8) is 0 Å². The number of carbonyl (C=O) groups is 2. The van der Waals surface area contributed by atoms with Gasteiger partial charge in [0.2, 0.25) is 0 Å². The Morgan fingerprint density at radius 1 is 0.852 bits per heavy atom. The van der Waals surface area contributed by atoms with Crippen molar-refractivity contribution in [2.45, 2.75) is 0 Å². The lowest BCUT2D eigenvalue weighted by atomic mass is 10.1. The Bertz CT molecular complexity index is 1190. The summed E-state index contributed by atoms with van der Waals surface area (Å²) in [5.74, 6) is 0.127. The van der Waals surface area contributed by atoms with Gasteiger partial charge >= 0.3 is 0 Å². The van der Waals surface area contributed by atoms with Crippen LogP contribution in [0.1, 0.15) is 20.7 Å². The molecule has 0 unspecified atom stereocenters. The van der Waals surface area contributed by atoms with Gasteiger partial charge in [0.15, 0.2) is 0 Å². The molecule has 3 aromatic carbocycles. The number of aromatic nitrogens is 2. The van der Waals surface area contributed by atoms with E-state index < -0.39 is 0 Å². The monoisotopic (exact) mass is 417 g/mol. The van der Waals surface area contributed by atoms with E-state index in [4.69, 9.17) is 0 Å². The maximum atomic E-state index is 12.7. The molecule has 1 aromatic heterocycles. The number of carbonyl (C=O) groups excluding carboxylic acids is 2. The Morgan fingerprint density at radius 2 is 1.52 bits per heavy atom. The summed E-state index contributed by atoms with van der Waals surface area (Å²) in [7, 11) is 0. The quantitative estimate of drug-likeness (QED) is 0.476. The van der Waals surface area contributed by atoms with Crippen molar-refractivity contribution < 1.29 is 9.59 Å². The number of benzene rings is 3. The average molecular weight is 418 g/mol. The second-order valence-corrected chi connectivity index (χ2v) is 7.20. The van der Waals surface area contributed by atoms with E-state index in [2.05, 4.69) is 25.9 Å². The van der Waals surface area contributed by atoms with Gasteiger partial charge in [-0.25, -0.2) is 9.88 Å². The molecular weight excluding hydrogens is 406 g/mol. The minimum Gasteiger partial charge on any atom is -0.338 e. The zero-order valence-corrected chi connectivity index (χ0v) is 15.5. The van der Waals surface area contributed by atoms with E-state index >= 15 is 0 Å². The first-order chi connectivity index (χ1) is 13.1. The van der Waals surface area contributed by atoms with Crippen LogP contribution in [-0.2, 0) is 0 Å². The highest BCUT2D eigenvalue weighted by atomic mass is 79.9.